The van der Waals surface area contributed by atoms with E-state index in [1.54, 1.807) is 0 Å². The third kappa shape index (κ3) is 1.16. The van der Waals surface area contributed by atoms with Crippen LogP contribution >= 0.6 is 0 Å². The minimum Gasteiger partial charge on any atom is -0.0616 e. The molecule has 77 valence electrons. The van der Waals surface area contributed by atoms with E-state index in [1.165, 1.54) is 32.7 Å². The summed E-state index contributed by atoms with van der Waals surface area (Å²) in [6.45, 7) is 4.37. The lowest BCUT2D eigenvalue weighted by molar-refractivity contribution is 1.41. The molecule has 3 rings (SSSR count). The van der Waals surface area contributed by atoms with E-state index < -0.39 is 0 Å². The predicted molar refractivity (Wildman–Crippen MR) is 69.8 cm³/mol. The van der Waals surface area contributed by atoms with Crippen molar-refractivity contribution in [3.8, 4) is 0 Å². The molecule has 0 N–H and O–H groups in total. The summed E-state index contributed by atoms with van der Waals surface area (Å²) in [5.74, 6) is 0. The number of rotatable bonds is 0. The quantitative estimate of drug-likeness (QED) is 0.477. The van der Waals surface area contributed by atoms with Gasteiger partial charge in [-0.05, 0) is 52.6 Å². The number of benzene rings is 3. The lowest BCUT2D eigenvalue weighted by atomic mass is 9.93. The van der Waals surface area contributed by atoms with Crippen LogP contribution in [0.5, 0.6) is 0 Å². The van der Waals surface area contributed by atoms with Crippen LogP contribution in [0.1, 0.15) is 11.1 Å². The Hall–Kier alpha value is -1.82. The van der Waals surface area contributed by atoms with E-state index in [9.17, 15) is 0 Å². The summed E-state index contributed by atoms with van der Waals surface area (Å²) in [4.78, 5) is 0. The second-order valence-corrected chi connectivity index (χ2v) is 4.25. The molecule has 0 fully saturated rings. The van der Waals surface area contributed by atoms with E-state index in [1.807, 2.05) is 6.07 Å². The first-order chi connectivity index (χ1) is 7.79. The second-order valence-electron chi connectivity index (χ2n) is 4.25. The van der Waals surface area contributed by atoms with Gasteiger partial charge in [-0.1, -0.05) is 42.5 Å². The molecule has 0 aliphatic heterocycles. The molecule has 0 aromatic heterocycles. The fraction of sp³-hybridized carbons (Fsp3) is 0.125. The van der Waals surface area contributed by atoms with Gasteiger partial charge in [0.2, 0.25) is 0 Å². The first kappa shape index (κ1) is 9.41. The lowest BCUT2D eigenvalue weighted by Gasteiger charge is -2.11. The van der Waals surface area contributed by atoms with Gasteiger partial charge >= 0.3 is 0 Å². The Morgan fingerprint density at radius 1 is 0.750 bits per heavy atom. The van der Waals surface area contributed by atoms with Crippen molar-refractivity contribution in [1.82, 2.24) is 0 Å². The summed E-state index contributed by atoms with van der Waals surface area (Å²) in [5.41, 5.74) is 2.71. The third-order valence-corrected chi connectivity index (χ3v) is 3.41. The van der Waals surface area contributed by atoms with Crippen LogP contribution in [-0.2, 0) is 0 Å². The van der Waals surface area contributed by atoms with Crippen LogP contribution in [0.15, 0.2) is 42.5 Å². The molecule has 0 heteroatoms. The maximum Gasteiger partial charge on any atom is -0.00668 e. The van der Waals surface area contributed by atoms with Crippen LogP contribution in [-0.4, -0.2) is 0 Å². The monoisotopic (exact) mass is 205 g/mol. The summed E-state index contributed by atoms with van der Waals surface area (Å²) in [7, 11) is 0. The fourth-order valence-electron chi connectivity index (χ4n) is 2.41. The molecule has 0 saturated carbocycles. The molecule has 1 radical (unpaired) electrons. The highest BCUT2D eigenvalue weighted by Crippen LogP contribution is 2.31. The van der Waals surface area contributed by atoms with E-state index in [0.717, 1.165) is 0 Å². The minimum atomic E-state index is 1.25. The zero-order valence-electron chi connectivity index (χ0n) is 9.54. The molecule has 0 aliphatic rings. The first-order valence-electron chi connectivity index (χ1n) is 5.57. The van der Waals surface area contributed by atoms with Gasteiger partial charge in [0.05, 0.1) is 0 Å². The van der Waals surface area contributed by atoms with Gasteiger partial charge in [-0.15, -0.1) is 0 Å². The van der Waals surface area contributed by atoms with Crippen LogP contribution in [0.4, 0.5) is 0 Å². The Balaban J connectivity index is 2.69. The first-order valence-corrected chi connectivity index (χ1v) is 5.57. The Morgan fingerprint density at radius 2 is 1.44 bits per heavy atom. The van der Waals surface area contributed by atoms with Crippen molar-refractivity contribution in [1.29, 1.82) is 0 Å². The number of hydrogen-bond donors (Lipinski definition) is 0. The van der Waals surface area contributed by atoms with Crippen molar-refractivity contribution < 1.29 is 0 Å². The molecule has 0 aliphatic carbocycles. The van der Waals surface area contributed by atoms with Crippen molar-refractivity contribution in [2.75, 3.05) is 0 Å². The van der Waals surface area contributed by atoms with Gasteiger partial charge in [-0.2, -0.15) is 0 Å². The van der Waals surface area contributed by atoms with Crippen LogP contribution in [0.3, 0.4) is 0 Å². The minimum absolute atomic E-state index is 1.25. The van der Waals surface area contributed by atoms with Gasteiger partial charge in [0.1, 0.15) is 0 Å². The van der Waals surface area contributed by atoms with Crippen LogP contribution in [0.2, 0.25) is 0 Å². The zero-order valence-corrected chi connectivity index (χ0v) is 9.54. The van der Waals surface area contributed by atoms with E-state index in [0.29, 0.717) is 0 Å². The molecule has 3 aromatic rings. The van der Waals surface area contributed by atoms with Gasteiger partial charge in [0, 0.05) is 0 Å². The molecule has 0 atom stereocenters. The van der Waals surface area contributed by atoms with E-state index >= 15 is 0 Å². The average Bonchev–Trinajstić information content (AvgIpc) is 2.36. The predicted octanol–water partition coefficient (Wildman–Crippen LogP) is 4.41. The SMILES string of the molecule is Cc1c(C)c2ccccc2c2ccc[c]c12. The van der Waals surface area contributed by atoms with Crippen LogP contribution < -0.4 is 0 Å². The van der Waals surface area contributed by atoms with Crippen LogP contribution in [0, 0.1) is 19.9 Å². The Labute approximate surface area is 95.5 Å². The van der Waals surface area contributed by atoms with E-state index in [4.69, 9.17) is 0 Å². The topological polar surface area (TPSA) is 0 Å². The second kappa shape index (κ2) is 3.34. The van der Waals surface area contributed by atoms with E-state index in [2.05, 4.69) is 56.3 Å². The molecule has 0 spiro atoms. The molecular formula is C16H13. The Bertz CT molecular complexity index is 617. The highest BCUT2D eigenvalue weighted by atomic mass is 14.1. The highest BCUT2D eigenvalue weighted by Gasteiger charge is 2.06. The zero-order chi connectivity index (χ0) is 11.1. The third-order valence-electron chi connectivity index (χ3n) is 3.41. The van der Waals surface area contributed by atoms with Gasteiger partial charge in [0.15, 0.2) is 0 Å². The summed E-state index contributed by atoms with van der Waals surface area (Å²) >= 11 is 0. The summed E-state index contributed by atoms with van der Waals surface area (Å²) in [5, 5.41) is 5.24. The molecular weight excluding hydrogens is 192 g/mol. The number of hydrogen-bond acceptors (Lipinski definition) is 0. The molecule has 0 nitrogen and oxygen atoms in total. The molecule has 0 amide bonds. The molecule has 3 aromatic carbocycles. The summed E-state index contributed by atoms with van der Waals surface area (Å²) < 4.78 is 0. The van der Waals surface area contributed by atoms with E-state index in [-0.39, 0.29) is 0 Å². The van der Waals surface area contributed by atoms with Gasteiger partial charge in [0.25, 0.3) is 0 Å². The summed E-state index contributed by atoms with van der Waals surface area (Å²) in [6, 6.07) is 18.2. The largest absolute Gasteiger partial charge is 0.0616 e. The molecule has 0 saturated heterocycles. The lowest BCUT2D eigenvalue weighted by Crippen LogP contribution is -1.87. The Morgan fingerprint density at radius 3 is 2.25 bits per heavy atom. The van der Waals surface area contributed by atoms with Gasteiger partial charge in [-0.25, -0.2) is 0 Å². The van der Waals surface area contributed by atoms with Gasteiger partial charge < -0.3 is 0 Å². The number of fused-ring (bicyclic) bond motifs is 3. The molecule has 0 bridgehead atoms. The summed E-state index contributed by atoms with van der Waals surface area (Å²) in [6.07, 6.45) is 0. The molecule has 16 heavy (non-hydrogen) atoms. The van der Waals surface area contributed by atoms with Crippen LogP contribution in [0.25, 0.3) is 21.5 Å². The average molecular weight is 205 g/mol. The maximum atomic E-state index is 3.35. The van der Waals surface area contributed by atoms with Crippen molar-refractivity contribution in [3.05, 3.63) is 59.7 Å². The van der Waals surface area contributed by atoms with Gasteiger partial charge in [-0.3, -0.25) is 0 Å². The van der Waals surface area contributed by atoms with Crippen molar-refractivity contribution in [2.45, 2.75) is 13.8 Å². The standard InChI is InChI=1S/C16H13/c1-11-12(2)14-8-4-6-10-16(14)15-9-5-3-7-13(11)15/h3-7,9-10H,1-2H3. The smallest absolute Gasteiger partial charge is 0.00668 e. The maximum absolute atomic E-state index is 3.35. The van der Waals surface area contributed by atoms with Crippen molar-refractivity contribution in [3.63, 3.8) is 0 Å². The van der Waals surface area contributed by atoms with Crippen molar-refractivity contribution >= 4 is 21.5 Å². The molecule has 0 unspecified atom stereocenters. The fourth-order valence-corrected chi connectivity index (χ4v) is 2.41. The molecule has 0 heterocycles. The Kier molecular flexibility index (Phi) is 1.97. The number of aryl methyl sites for hydroxylation is 2. The highest BCUT2D eigenvalue weighted by molar-refractivity contribution is 6.10. The normalized spacial score (nSPS) is 11.1. The van der Waals surface area contributed by atoms with Crippen molar-refractivity contribution in [2.24, 2.45) is 0 Å².